The lowest BCUT2D eigenvalue weighted by Gasteiger charge is -2.51. The first-order valence-electron chi connectivity index (χ1n) is 13.2. The molecule has 1 spiro atoms. The molecule has 0 bridgehead atoms. The SMILES string of the molecule is COC(=O)C1=C(C(=O)OC)SC2(S1)C(C(=O)OC)=C(C(=O)OC)SC1=C2c2ccccc2N(C(=O)[C@@H]2CCCO2)C1(C)C. The molecule has 1 aromatic carbocycles. The zero-order chi connectivity index (χ0) is 31.3. The molecule has 5 rings (SSSR count). The van der Waals surface area contributed by atoms with Gasteiger partial charge in [-0.05, 0) is 32.8 Å². The maximum Gasteiger partial charge on any atom is 0.345 e. The number of benzene rings is 1. The molecular formula is C29H29NO10S3. The largest absolute Gasteiger partial charge is 0.466 e. The van der Waals surface area contributed by atoms with Crippen LogP contribution in [0.2, 0.25) is 0 Å². The van der Waals surface area contributed by atoms with Gasteiger partial charge < -0.3 is 23.7 Å². The Hall–Kier alpha value is -3.20. The molecular weight excluding hydrogens is 619 g/mol. The third-order valence-corrected chi connectivity index (χ3v) is 12.1. The standard InChI is InChI=1S/C29H29NO10S3/c1-28(2)22-17(14-10-7-8-11-15(14)30(28)23(31)16-12-9-13-40-16)29(18(24(32)36-3)19(41-22)25(33)37-4)42-20(26(34)38-5)21(43-29)27(35)39-6/h7-8,10-11,16H,9,12-13H2,1-6H3/t16-/m0/s1. The Bertz CT molecular complexity index is 1510. The minimum atomic E-state index is -1.61. The second kappa shape index (κ2) is 11.7. The molecule has 4 aliphatic heterocycles. The Labute approximate surface area is 260 Å². The lowest BCUT2D eigenvalue weighted by atomic mass is 9.83. The first-order valence-corrected chi connectivity index (χ1v) is 15.6. The number of carbonyl (C=O) groups is 5. The fourth-order valence-corrected chi connectivity index (χ4v) is 10.6. The maximum atomic E-state index is 14.1. The Morgan fingerprint density at radius 2 is 1.40 bits per heavy atom. The van der Waals surface area contributed by atoms with Gasteiger partial charge in [0.1, 0.15) is 24.9 Å². The molecule has 14 heteroatoms. The van der Waals surface area contributed by atoms with Crippen molar-refractivity contribution in [3.63, 3.8) is 0 Å². The van der Waals surface area contributed by atoms with Crippen molar-refractivity contribution >= 4 is 76.3 Å². The van der Waals surface area contributed by atoms with E-state index in [2.05, 4.69) is 0 Å². The van der Waals surface area contributed by atoms with Gasteiger partial charge in [-0.3, -0.25) is 9.69 Å². The van der Waals surface area contributed by atoms with E-state index in [1.165, 1.54) is 28.4 Å². The average molecular weight is 648 g/mol. The summed E-state index contributed by atoms with van der Waals surface area (Å²) < 4.78 is 24.5. The Morgan fingerprint density at radius 3 is 1.93 bits per heavy atom. The summed E-state index contributed by atoms with van der Waals surface area (Å²) in [6.07, 6.45) is 0.672. The fraction of sp³-hybridized carbons (Fsp3) is 0.414. The number of rotatable bonds is 5. The van der Waals surface area contributed by atoms with E-state index in [0.29, 0.717) is 34.8 Å². The van der Waals surface area contributed by atoms with Crippen LogP contribution in [0.4, 0.5) is 5.69 Å². The summed E-state index contributed by atoms with van der Waals surface area (Å²) in [5.74, 6) is -3.57. The molecule has 1 saturated heterocycles. The van der Waals surface area contributed by atoms with E-state index in [4.69, 9.17) is 23.7 Å². The molecule has 1 fully saturated rings. The van der Waals surface area contributed by atoms with Gasteiger partial charge in [0.2, 0.25) is 0 Å². The number of para-hydroxylation sites is 1. The van der Waals surface area contributed by atoms with Crippen molar-refractivity contribution in [2.24, 2.45) is 0 Å². The van der Waals surface area contributed by atoms with E-state index < -0.39 is 39.6 Å². The molecule has 4 heterocycles. The highest BCUT2D eigenvalue weighted by Crippen LogP contribution is 2.71. The molecule has 228 valence electrons. The summed E-state index contributed by atoms with van der Waals surface area (Å²) in [6.45, 7) is 4.15. The third-order valence-electron chi connectivity index (χ3n) is 7.47. The average Bonchev–Trinajstić information content (AvgIpc) is 3.69. The zero-order valence-electron chi connectivity index (χ0n) is 24.3. The van der Waals surface area contributed by atoms with Gasteiger partial charge in [0, 0.05) is 22.6 Å². The van der Waals surface area contributed by atoms with E-state index >= 15 is 0 Å². The molecule has 0 N–H and O–H groups in total. The van der Waals surface area contributed by atoms with E-state index in [9.17, 15) is 24.0 Å². The summed E-state index contributed by atoms with van der Waals surface area (Å²) >= 11 is 2.77. The number of ether oxygens (including phenoxy) is 5. The number of methoxy groups -OCH3 is 4. The summed E-state index contributed by atoms with van der Waals surface area (Å²) in [6, 6.07) is 7.17. The van der Waals surface area contributed by atoms with Crippen LogP contribution in [0.25, 0.3) is 5.57 Å². The van der Waals surface area contributed by atoms with Crippen molar-refractivity contribution in [3.05, 3.63) is 55.0 Å². The second-order valence-electron chi connectivity index (χ2n) is 10.2. The van der Waals surface area contributed by atoms with Gasteiger partial charge in [0.05, 0.1) is 45.2 Å². The topological polar surface area (TPSA) is 135 Å². The molecule has 0 aromatic heterocycles. The highest BCUT2D eigenvalue weighted by Gasteiger charge is 2.62. The molecule has 1 aromatic rings. The van der Waals surface area contributed by atoms with Crippen LogP contribution in [0, 0.1) is 0 Å². The number of carbonyl (C=O) groups excluding carboxylic acids is 5. The minimum Gasteiger partial charge on any atom is -0.466 e. The summed E-state index contributed by atoms with van der Waals surface area (Å²) in [5.41, 5.74) is 0.427. The first-order chi connectivity index (χ1) is 20.5. The highest BCUT2D eigenvalue weighted by atomic mass is 32.2. The fourth-order valence-electron chi connectivity index (χ4n) is 5.58. The van der Waals surface area contributed by atoms with Crippen LogP contribution in [-0.2, 0) is 47.7 Å². The zero-order valence-corrected chi connectivity index (χ0v) is 26.7. The van der Waals surface area contributed by atoms with Crippen molar-refractivity contribution in [1.29, 1.82) is 0 Å². The monoisotopic (exact) mass is 647 g/mol. The Balaban J connectivity index is 1.85. The smallest absolute Gasteiger partial charge is 0.345 e. The van der Waals surface area contributed by atoms with Gasteiger partial charge >= 0.3 is 23.9 Å². The lowest BCUT2D eigenvalue weighted by Crippen LogP contribution is -2.56. The van der Waals surface area contributed by atoms with Crippen molar-refractivity contribution in [2.45, 2.75) is 42.4 Å². The first kappa shape index (κ1) is 31.2. The van der Waals surface area contributed by atoms with Gasteiger partial charge in [0.15, 0.2) is 0 Å². The van der Waals surface area contributed by atoms with Crippen molar-refractivity contribution in [1.82, 2.24) is 0 Å². The van der Waals surface area contributed by atoms with Crippen LogP contribution < -0.4 is 4.90 Å². The van der Waals surface area contributed by atoms with Gasteiger partial charge in [-0.25, -0.2) is 19.2 Å². The predicted octanol–water partition coefficient (Wildman–Crippen LogP) is 3.78. The van der Waals surface area contributed by atoms with Gasteiger partial charge in [-0.1, -0.05) is 53.5 Å². The molecule has 1 amide bonds. The van der Waals surface area contributed by atoms with Gasteiger partial charge in [-0.15, -0.1) is 0 Å². The summed E-state index contributed by atoms with van der Waals surface area (Å²) in [7, 11) is 4.70. The number of thioether (sulfide) groups is 3. The molecule has 11 nitrogen and oxygen atoms in total. The molecule has 0 saturated carbocycles. The number of hydrogen-bond donors (Lipinski definition) is 0. The molecule has 0 radical (unpaired) electrons. The number of fused-ring (bicyclic) bond motifs is 3. The predicted molar refractivity (Wildman–Crippen MR) is 162 cm³/mol. The summed E-state index contributed by atoms with van der Waals surface area (Å²) in [4.78, 5) is 69.2. The lowest BCUT2D eigenvalue weighted by molar-refractivity contribution is -0.138. The van der Waals surface area contributed by atoms with Crippen LogP contribution in [0.3, 0.4) is 0 Å². The van der Waals surface area contributed by atoms with Gasteiger partial charge in [0.25, 0.3) is 5.91 Å². The number of hydrogen-bond acceptors (Lipinski definition) is 13. The molecule has 4 aliphatic rings. The van der Waals surface area contributed by atoms with E-state index in [1.54, 1.807) is 29.2 Å². The third kappa shape index (κ3) is 4.78. The minimum absolute atomic E-state index is 0.0968. The molecule has 0 unspecified atom stereocenters. The van der Waals surface area contributed by atoms with Gasteiger partial charge in [-0.2, -0.15) is 0 Å². The number of esters is 4. The Morgan fingerprint density at radius 1 is 0.837 bits per heavy atom. The van der Waals surface area contributed by atoms with Crippen LogP contribution in [0.5, 0.6) is 0 Å². The van der Waals surface area contributed by atoms with Crippen molar-refractivity contribution in [2.75, 3.05) is 39.9 Å². The maximum absolute atomic E-state index is 14.1. The molecule has 1 atom stereocenters. The van der Waals surface area contributed by atoms with E-state index in [0.717, 1.165) is 41.7 Å². The number of nitrogens with zero attached hydrogens (tertiary/aromatic N) is 1. The van der Waals surface area contributed by atoms with Crippen molar-refractivity contribution in [3.8, 4) is 0 Å². The second-order valence-corrected chi connectivity index (χ2v) is 13.9. The normalized spacial score (nSPS) is 21.8. The number of anilines is 1. The van der Waals surface area contributed by atoms with Crippen LogP contribution in [-0.4, -0.2) is 80.6 Å². The van der Waals surface area contributed by atoms with Crippen LogP contribution in [0.15, 0.2) is 49.5 Å². The Kier molecular flexibility index (Phi) is 8.51. The van der Waals surface area contributed by atoms with Crippen LogP contribution >= 0.6 is 35.3 Å². The van der Waals surface area contributed by atoms with E-state index in [1.807, 2.05) is 13.8 Å². The number of amides is 1. The van der Waals surface area contributed by atoms with Crippen LogP contribution in [0.1, 0.15) is 32.3 Å². The van der Waals surface area contributed by atoms with E-state index in [-0.39, 0.29) is 26.2 Å². The molecule has 43 heavy (non-hydrogen) atoms. The van der Waals surface area contributed by atoms with Crippen molar-refractivity contribution < 1.29 is 47.7 Å². The highest BCUT2D eigenvalue weighted by molar-refractivity contribution is 8.26. The quantitative estimate of drug-likeness (QED) is 0.339. The summed E-state index contributed by atoms with van der Waals surface area (Å²) in [5, 5.41) is 0. The molecule has 0 aliphatic carbocycles.